The number of rotatable bonds is 6. The van der Waals surface area contributed by atoms with E-state index in [0.717, 1.165) is 25.3 Å². The van der Waals surface area contributed by atoms with E-state index in [0.29, 0.717) is 45.0 Å². The highest BCUT2D eigenvalue weighted by atomic mass is 16.6. The molecule has 2 aromatic carbocycles. The number of carbonyl (C=O) groups excluding carboxylic acids is 1. The third-order valence-corrected chi connectivity index (χ3v) is 5.91. The lowest BCUT2D eigenvalue weighted by Gasteiger charge is -2.35. The third-order valence-electron chi connectivity index (χ3n) is 5.91. The van der Waals surface area contributed by atoms with E-state index in [1.165, 1.54) is 17.7 Å². The lowest BCUT2D eigenvalue weighted by atomic mass is 10.1. The predicted molar refractivity (Wildman–Crippen MR) is 124 cm³/mol. The Labute approximate surface area is 187 Å². The van der Waals surface area contributed by atoms with Crippen molar-refractivity contribution in [3.8, 4) is 0 Å². The van der Waals surface area contributed by atoms with Gasteiger partial charge in [0.15, 0.2) is 0 Å². The van der Waals surface area contributed by atoms with Gasteiger partial charge in [-0.1, -0.05) is 42.5 Å². The van der Waals surface area contributed by atoms with Crippen LogP contribution in [0, 0.1) is 10.1 Å². The minimum Gasteiger partial charge on any atom is -0.378 e. The van der Waals surface area contributed by atoms with Gasteiger partial charge in [-0.25, -0.2) is 0 Å². The van der Waals surface area contributed by atoms with Crippen LogP contribution in [0.15, 0.2) is 54.6 Å². The van der Waals surface area contributed by atoms with Crippen molar-refractivity contribution >= 4 is 23.4 Å². The summed E-state index contributed by atoms with van der Waals surface area (Å²) in [4.78, 5) is 30.4. The summed E-state index contributed by atoms with van der Waals surface area (Å²) in [5, 5.41) is 11.3. The van der Waals surface area contributed by atoms with Gasteiger partial charge in [-0.05, 0) is 11.6 Å². The molecule has 2 aromatic rings. The van der Waals surface area contributed by atoms with E-state index in [4.69, 9.17) is 4.74 Å². The number of ether oxygens (including phenoxy) is 1. The number of carbonyl (C=O) groups is 1. The molecular formula is C24H28N4O4. The van der Waals surface area contributed by atoms with Crippen molar-refractivity contribution in [1.29, 1.82) is 0 Å². The van der Waals surface area contributed by atoms with Gasteiger partial charge in [0.05, 0.1) is 29.4 Å². The summed E-state index contributed by atoms with van der Waals surface area (Å²) in [6.07, 6.45) is 4.25. The molecule has 0 bridgehead atoms. The maximum Gasteiger partial charge on any atom is 0.270 e. The van der Waals surface area contributed by atoms with Crippen molar-refractivity contribution in [3.05, 3.63) is 75.8 Å². The first-order valence-corrected chi connectivity index (χ1v) is 11.0. The van der Waals surface area contributed by atoms with E-state index in [9.17, 15) is 14.9 Å². The Morgan fingerprint density at radius 3 is 2.41 bits per heavy atom. The van der Waals surface area contributed by atoms with E-state index >= 15 is 0 Å². The first-order chi connectivity index (χ1) is 15.6. The highest BCUT2D eigenvalue weighted by Crippen LogP contribution is 2.28. The Hall–Kier alpha value is -3.23. The highest BCUT2D eigenvalue weighted by Gasteiger charge is 2.27. The molecule has 4 rings (SSSR count). The number of anilines is 1. The first-order valence-electron chi connectivity index (χ1n) is 11.0. The normalized spacial score (nSPS) is 17.6. The van der Waals surface area contributed by atoms with Crippen LogP contribution >= 0.6 is 0 Å². The minimum atomic E-state index is -0.448. The summed E-state index contributed by atoms with van der Waals surface area (Å²) in [7, 11) is 0. The highest BCUT2D eigenvalue weighted by molar-refractivity contribution is 6.00. The van der Waals surface area contributed by atoms with Crippen molar-refractivity contribution in [1.82, 2.24) is 9.80 Å². The fourth-order valence-electron chi connectivity index (χ4n) is 4.09. The van der Waals surface area contributed by atoms with Gasteiger partial charge in [-0.2, -0.15) is 0 Å². The average molecular weight is 437 g/mol. The van der Waals surface area contributed by atoms with Crippen LogP contribution in [0.2, 0.25) is 0 Å². The number of benzene rings is 2. The number of piperazine rings is 1. The van der Waals surface area contributed by atoms with Crippen LogP contribution in [0.25, 0.3) is 6.08 Å². The zero-order valence-corrected chi connectivity index (χ0v) is 18.1. The molecule has 0 atom stereocenters. The summed E-state index contributed by atoms with van der Waals surface area (Å²) < 4.78 is 5.42. The molecule has 0 aromatic heterocycles. The molecule has 32 heavy (non-hydrogen) atoms. The lowest BCUT2D eigenvalue weighted by Crippen LogP contribution is -2.49. The number of nitro benzene ring substituents is 1. The number of morpholine rings is 1. The fourth-order valence-corrected chi connectivity index (χ4v) is 4.09. The summed E-state index contributed by atoms with van der Waals surface area (Å²) >= 11 is 0. The third kappa shape index (κ3) is 5.33. The quantitative estimate of drug-likeness (QED) is 0.512. The van der Waals surface area contributed by atoms with E-state index < -0.39 is 4.92 Å². The number of hydrogen-bond donors (Lipinski definition) is 0. The molecule has 2 aliphatic rings. The molecule has 2 saturated heterocycles. The van der Waals surface area contributed by atoms with Gasteiger partial charge < -0.3 is 14.5 Å². The van der Waals surface area contributed by atoms with Gasteiger partial charge in [-0.15, -0.1) is 0 Å². The monoisotopic (exact) mass is 436 g/mol. The van der Waals surface area contributed by atoms with Crippen LogP contribution < -0.4 is 4.90 Å². The van der Waals surface area contributed by atoms with Gasteiger partial charge in [0, 0.05) is 57.9 Å². The summed E-state index contributed by atoms with van der Waals surface area (Å²) in [6.45, 7) is 6.07. The first kappa shape index (κ1) is 22.0. The molecule has 2 heterocycles. The summed E-state index contributed by atoms with van der Waals surface area (Å²) in [5.74, 6) is -0.144. The van der Waals surface area contributed by atoms with Gasteiger partial charge in [0.2, 0.25) is 0 Å². The average Bonchev–Trinajstić information content (AvgIpc) is 2.85. The molecule has 168 valence electrons. The van der Waals surface area contributed by atoms with Crippen molar-refractivity contribution in [2.24, 2.45) is 0 Å². The van der Waals surface area contributed by atoms with Gasteiger partial charge in [0.25, 0.3) is 11.6 Å². The Morgan fingerprint density at radius 1 is 1.00 bits per heavy atom. The number of amides is 1. The number of nitro groups is 1. The fraction of sp³-hybridized carbons (Fsp3) is 0.375. The van der Waals surface area contributed by atoms with Crippen LogP contribution in [0.5, 0.6) is 0 Å². The molecule has 0 saturated carbocycles. The predicted octanol–water partition coefficient (Wildman–Crippen LogP) is 2.90. The van der Waals surface area contributed by atoms with Crippen molar-refractivity contribution in [2.45, 2.75) is 0 Å². The van der Waals surface area contributed by atoms with Crippen LogP contribution in [0.3, 0.4) is 0 Å². The largest absolute Gasteiger partial charge is 0.378 e. The molecule has 0 N–H and O–H groups in total. The van der Waals surface area contributed by atoms with Crippen molar-refractivity contribution < 1.29 is 14.5 Å². The Bertz CT molecular complexity index is 965. The molecule has 1 amide bonds. The van der Waals surface area contributed by atoms with Crippen LogP contribution in [-0.2, 0) is 4.74 Å². The van der Waals surface area contributed by atoms with Crippen LogP contribution in [0.1, 0.15) is 15.9 Å². The van der Waals surface area contributed by atoms with Gasteiger partial charge in [-0.3, -0.25) is 19.8 Å². The maximum atomic E-state index is 13.4. The molecule has 2 fully saturated rings. The molecule has 0 spiro atoms. The smallest absolute Gasteiger partial charge is 0.270 e. The Kier molecular flexibility index (Phi) is 7.14. The van der Waals surface area contributed by atoms with E-state index in [-0.39, 0.29) is 11.6 Å². The van der Waals surface area contributed by atoms with Crippen molar-refractivity contribution in [3.63, 3.8) is 0 Å². The van der Waals surface area contributed by atoms with Crippen molar-refractivity contribution in [2.75, 3.05) is 63.9 Å². The molecule has 2 aliphatic heterocycles. The second kappa shape index (κ2) is 10.4. The Balaban J connectivity index is 1.41. The molecule has 0 aliphatic carbocycles. The topological polar surface area (TPSA) is 79.2 Å². The van der Waals surface area contributed by atoms with E-state index in [1.807, 2.05) is 18.2 Å². The summed E-state index contributed by atoms with van der Waals surface area (Å²) in [6, 6.07) is 14.8. The second-order valence-corrected chi connectivity index (χ2v) is 7.96. The van der Waals surface area contributed by atoms with E-state index in [1.54, 1.807) is 11.0 Å². The number of nitrogens with zero attached hydrogens (tertiary/aromatic N) is 4. The minimum absolute atomic E-state index is 0.0601. The van der Waals surface area contributed by atoms with Gasteiger partial charge in [0.1, 0.15) is 0 Å². The zero-order chi connectivity index (χ0) is 22.3. The SMILES string of the molecule is O=C(c1cc([N+](=O)[O-])ccc1N1CCOCC1)N1CCN(C/C=C/c2ccccc2)CC1. The van der Waals surface area contributed by atoms with Gasteiger partial charge >= 0.3 is 0 Å². The number of non-ortho nitro benzene ring substituents is 1. The lowest BCUT2D eigenvalue weighted by molar-refractivity contribution is -0.384. The zero-order valence-electron chi connectivity index (χ0n) is 18.1. The maximum absolute atomic E-state index is 13.4. The van der Waals surface area contributed by atoms with Crippen LogP contribution in [0.4, 0.5) is 11.4 Å². The van der Waals surface area contributed by atoms with Crippen LogP contribution in [-0.4, -0.2) is 79.7 Å². The Morgan fingerprint density at radius 2 is 1.72 bits per heavy atom. The standard InChI is InChI=1S/C24H28N4O4/c29-24(22-19-21(28(30)31)8-9-23(22)26-15-17-32-18-16-26)27-13-11-25(12-14-27)10-4-7-20-5-2-1-3-6-20/h1-9,19H,10-18H2/b7-4+. The molecule has 8 heteroatoms. The summed E-state index contributed by atoms with van der Waals surface area (Å²) in [5.41, 5.74) is 2.26. The molecule has 0 unspecified atom stereocenters. The second-order valence-electron chi connectivity index (χ2n) is 7.96. The molecule has 0 radical (unpaired) electrons. The van der Waals surface area contributed by atoms with E-state index in [2.05, 4.69) is 34.1 Å². The molecule has 8 nitrogen and oxygen atoms in total. The molecular weight excluding hydrogens is 408 g/mol. The number of hydrogen-bond acceptors (Lipinski definition) is 6.